The Bertz CT molecular complexity index is 522. The van der Waals surface area contributed by atoms with Gasteiger partial charge in [0.2, 0.25) is 0 Å². The molecule has 0 aromatic heterocycles. The normalized spacial score (nSPS) is 15.3. The van der Waals surface area contributed by atoms with Gasteiger partial charge in [-0.05, 0) is 37.7 Å². The maximum absolute atomic E-state index is 12.4. The van der Waals surface area contributed by atoms with Crippen LogP contribution in [-0.4, -0.2) is 61.6 Å². The summed E-state index contributed by atoms with van der Waals surface area (Å²) in [5.41, 5.74) is 1.26. The van der Waals surface area contributed by atoms with Crippen molar-refractivity contribution in [2.45, 2.75) is 19.8 Å². The molecular weight excluding hydrogens is 294 g/mol. The summed E-state index contributed by atoms with van der Waals surface area (Å²) in [6.45, 7) is 5.75. The van der Waals surface area contributed by atoms with E-state index in [0.717, 1.165) is 39.0 Å². The third kappa shape index (κ3) is 5.25. The van der Waals surface area contributed by atoms with Gasteiger partial charge in [0.1, 0.15) is 0 Å². The van der Waals surface area contributed by atoms with Crippen LogP contribution in [0, 0.1) is 0 Å². The second-order valence-electron chi connectivity index (χ2n) is 5.79. The average Bonchev–Trinajstić information content (AvgIpc) is 2.56. The summed E-state index contributed by atoms with van der Waals surface area (Å²) in [6, 6.07) is 6.93. The number of amides is 2. The Labute approximate surface area is 137 Å². The lowest BCUT2D eigenvalue weighted by atomic mass is 10.1. The first-order valence-corrected chi connectivity index (χ1v) is 8.12. The van der Waals surface area contributed by atoms with Crippen molar-refractivity contribution in [2.24, 2.45) is 0 Å². The molecule has 1 aromatic rings. The summed E-state index contributed by atoms with van der Waals surface area (Å²) in [4.78, 5) is 28.1. The van der Waals surface area contributed by atoms with Crippen LogP contribution in [-0.2, 0) is 4.74 Å². The minimum absolute atomic E-state index is 0.0372. The average molecular weight is 319 g/mol. The van der Waals surface area contributed by atoms with E-state index in [9.17, 15) is 9.59 Å². The van der Waals surface area contributed by atoms with Crippen LogP contribution in [0.1, 0.15) is 30.1 Å². The molecule has 0 atom stereocenters. The Morgan fingerprint density at radius 3 is 2.39 bits per heavy atom. The van der Waals surface area contributed by atoms with Crippen LogP contribution < -0.4 is 5.32 Å². The van der Waals surface area contributed by atoms with Crippen molar-refractivity contribution in [3.8, 4) is 0 Å². The van der Waals surface area contributed by atoms with E-state index in [-0.39, 0.29) is 5.91 Å². The number of hydrogen-bond donors (Lipinski definition) is 1. The molecule has 0 radical (unpaired) electrons. The minimum Gasteiger partial charge on any atom is -0.449 e. The molecule has 2 amide bonds. The third-order valence-electron chi connectivity index (χ3n) is 3.90. The van der Waals surface area contributed by atoms with Crippen molar-refractivity contribution in [3.05, 3.63) is 29.8 Å². The number of unbranched alkanes of at least 4 members (excludes halogenated alkanes) is 1. The first-order valence-electron chi connectivity index (χ1n) is 8.12. The molecule has 0 bridgehead atoms. The highest BCUT2D eigenvalue weighted by Crippen LogP contribution is 2.13. The predicted octanol–water partition coefficient (Wildman–Crippen LogP) is 2.42. The van der Waals surface area contributed by atoms with Crippen molar-refractivity contribution < 1.29 is 14.3 Å². The maximum atomic E-state index is 12.4. The van der Waals surface area contributed by atoms with Gasteiger partial charge in [-0.1, -0.05) is 13.3 Å². The fraction of sp³-hybridized carbons (Fsp3) is 0.529. The molecule has 1 heterocycles. The summed E-state index contributed by atoms with van der Waals surface area (Å²) in [7, 11) is 2.06. The van der Waals surface area contributed by atoms with Crippen molar-refractivity contribution in [3.63, 3.8) is 0 Å². The Morgan fingerprint density at radius 1 is 1.13 bits per heavy atom. The van der Waals surface area contributed by atoms with E-state index < -0.39 is 6.09 Å². The van der Waals surface area contributed by atoms with E-state index in [1.165, 1.54) is 0 Å². The smallest absolute Gasteiger partial charge is 0.411 e. The summed E-state index contributed by atoms with van der Waals surface area (Å²) in [6.07, 6.45) is 1.37. The van der Waals surface area contributed by atoms with Gasteiger partial charge in [-0.3, -0.25) is 10.1 Å². The second kappa shape index (κ2) is 8.53. The number of likely N-dealkylation sites (N-methyl/N-ethyl adjacent to an activating group) is 1. The molecule has 126 valence electrons. The van der Waals surface area contributed by atoms with E-state index in [1.807, 2.05) is 11.8 Å². The summed E-state index contributed by atoms with van der Waals surface area (Å²) in [5.74, 6) is 0.0372. The Morgan fingerprint density at radius 2 is 1.78 bits per heavy atom. The molecule has 0 unspecified atom stereocenters. The molecule has 1 aliphatic rings. The number of hydrogen-bond acceptors (Lipinski definition) is 4. The van der Waals surface area contributed by atoms with Gasteiger partial charge >= 0.3 is 6.09 Å². The van der Waals surface area contributed by atoms with Gasteiger partial charge in [-0.2, -0.15) is 0 Å². The van der Waals surface area contributed by atoms with Gasteiger partial charge in [0, 0.05) is 37.4 Å². The van der Waals surface area contributed by atoms with Crippen molar-refractivity contribution in [1.29, 1.82) is 0 Å². The van der Waals surface area contributed by atoms with Crippen molar-refractivity contribution in [1.82, 2.24) is 9.80 Å². The van der Waals surface area contributed by atoms with Gasteiger partial charge in [0.05, 0.1) is 6.61 Å². The van der Waals surface area contributed by atoms with E-state index in [1.54, 1.807) is 24.3 Å². The number of carbonyl (C=O) groups excluding carboxylic acids is 2. The van der Waals surface area contributed by atoms with E-state index in [2.05, 4.69) is 17.3 Å². The molecule has 1 fully saturated rings. The molecule has 23 heavy (non-hydrogen) atoms. The number of nitrogens with one attached hydrogen (secondary N) is 1. The zero-order chi connectivity index (χ0) is 16.7. The minimum atomic E-state index is -0.461. The Kier molecular flexibility index (Phi) is 6.40. The highest BCUT2D eigenvalue weighted by atomic mass is 16.5. The monoisotopic (exact) mass is 319 g/mol. The number of rotatable bonds is 5. The van der Waals surface area contributed by atoms with Crippen LogP contribution in [0.5, 0.6) is 0 Å². The molecule has 0 saturated carbocycles. The molecule has 1 N–H and O–H groups in total. The SMILES string of the molecule is CCCCOC(=O)Nc1ccc(C(=O)N2CCN(C)CC2)cc1. The lowest BCUT2D eigenvalue weighted by Gasteiger charge is -2.32. The number of ether oxygens (including phenoxy) is 1. The van der Waals surface area contributed by atoms with E-state index >= 15 is 0 Å². The van der Waals surface area contributed by atoms with Gasteiger partial charge in [0.15, 0.2) is 0 Å². The van der Waals surface area contributed by atoms with Crippen molar-refractivity contribution in [2.75, 3.05) is 45.2 Å². The molecule has 0 spiro atoms. The fourth-order valence-electron chi connectivity index (χ4n) is 2.35. The van der Waals surface area contributed by atoms with Crippen LogP contribution in [0.2, 0.25) is 0 Å². The number of anilines is 1. The Hall–Kier alpha value is -2.08. The molecule has 6 heteroatoms. The molecule has 0 aliphatic carbocycles. The van der Waals surface area contributed by atoms with Crippen LogP contribution in [0.3, 0.4) is 0 Å². The largest absolute Gasteiger partial charge is 0.449 e. The predicted molar refractivity (Wildman–Crippen MR) is 89.7 cm³/mol. The topological polar surface area (TPSA) is 61.9 Å². The van der Waals surface area contributed by atoms with Gasteiger partial charge in [0.25, 0.3) is 5.91 Å². The zero-order valence-corrected chi connectivity index (χ0v) is 13.9. The number of benzene rings is 1. The second-order valence-corrected chi connectivity index (χ2v) is 5.79. The summed E-state index contributed by atoms with van der Waals surface area (Å²) in [5, 5.41) is 2.66. The molecule has 6 nitrogen and oxygen atoms in total. The lowest BCUT2D eigenvalue weighted by Crippen LogP contribution is -2.47. The number of piperazine rings is 1. The number of nitrogens with zero attached hydrogens (tertiary/aromatic N) is 2. The fourth-order valence-corrected chi connectivity index (χ4v) is 2.35. The zero-order valence-electron chi connectivity index (χ0n) is 13.9. The molecular formula is C17H25N3O3. The van der Waals surface area contributed by atoms with Crippen LogP contribution in [0.25, 0.3) is 0 Å². The molecule has 1 aromatic carbocycles. The van der Waals surface area contributed by atoms with E-state index in [0.29, 0.717) is 17.9 Å². The van der Waals surface area contributed by atoms with Gasteiger partial charge < -0.3 is 14.5 Å². The van der Waals surface area contributed by atoms with Gasteiger partial charge in [-0.15, -0.1) is 0 Å². The first kappa shape index (κ1) is 17.3. The Balaban J connectivity index is 1.86. The lowest BCUT2D eigenvalue weighted by molar-refractivity contribution is 0.0664. The first-order chi connectivity index (χ1) is 11.1. The van der Waals surface area contributed by atoms with Crippen LogP contribution in [0.4, 0.5) is 10.5 Å². The van der Waals surface area contributed by atoms with Crippen LogP contribution in [0.15, 0.2) is 24.3 Å². The standard InChI is InChI=1S/C17H25N3O3/c1-3-4-13-23-17(22)18-15-7-5-14(6-8-15)16(21)20-11-9-19(2)10-12-20/h5-8H,3-4,9-13H2,1-2H3,(H,18,22). The maximum Gasteiger partial charge on any atom is 0.411 e. The quantitative estimate of drug-likeness (QED) is 0.847. The van der Waals surface area contributed by atoms with Gasteiger partial charge in [-0.25, -0.2) is 4.79 Å². The molecule has 2 rings (SSSR count). The van der Waals surface area contributed by atoms with Crippen LogP contribution >= 0.6 is 0 Å². The third-order valence-corrected chi connectivity index (χ3v) is 3.90. The van der Waals surface area contributed by atoms with E-state index in [4.69, 9.17) is 4.74 Å². The summed E-state index contributed by atoms with van der Waals surface area (Å²) < 4.78 is 5.04. The summed E-state index contributed by atoms with van der Waals surface area (Å²) >= 11 is 0. The highest BCUT2D eigenvalue weighted by molar-refractivity contribution is 5.95. The molecule has 1 aliphatic heterocycles. The van der Waals surface area contributed by atoms with Crippen molar-refractivity contribution >= 4 is 17.7 Å². The number of carbonyl (C=O) groups is 2. The highest BCUT2D eigenvalue weighted by Gasteiger charge is 2.20. The molecule has 1 saturated heterocycles.